The third-order valence-corrected chi connectivity index (χ3v) is 6.18. The first-order valence-corrected chi connectivity index (χ1v) is 9.58. The number of nitrogens with zero attached hydrogens (tertiary/aromatic N) is 1. The smallest absolute Gasteiger partial charge is 0.397 e. The van der Waals surface area contributed by atoms with Gasteiger partial charge in [0.2, 0.25) is 9.84 Å². The number of nitrogens with one attached hydrogen (secondary N) is 1. The lowest BCUT2D eigenvalue weighted by molar-refractivity contribution is -0.137. The van der Waals surface area contributed by atoms with E-state index in [1.807, 2.05) is 0 Å². The number of hydrogen-bond donors (Lipinski definition) is 3. The number of sulfone groups is 1. The zero-order chi connectivity index (χ0) is 20.7. The SMILES string of the molecule is Nc1cc(S(=O)(=O)c2ccc(C(F)(F)F)cc2)cnc1C(=O)NC1(CO)CC1. The third-order valence-electron chi connectivity index (χ3n) is 4.44. The number of aromatic nitrogens is 1. The Hall–Kier alpha value is -2.66. The number of hydrogen-bond acceptors (Lipinski definition) is 6. The van der Waals surface area contributed by atoms with Crippen LogP contribution in [0.1, 0.15) is 28.9 Å². The fraction of sp³-hybridized carbons (Fsp3) is 0.294. The van der Waals surface area contributed by atoms with Gasteiger partial charge in [0.15, 0.2) is 5.69 Å². The number of halogens is 3. The second-order valence-corrected chi connectivity index (χ2v) is 8.48. The number of pyridine rings is 1. The molecule has 11 heteroatoms. The Kier molecular flexibility index (Phi) is 4.84. The summed E-state index contributed by atoms with van der Waals surface area (Å²) >= 11 is 0. The highest BCUT2D eigenvalue weighted by molar-refractivity contribution is 7.91. The van der Waals surface area contributed by atoms with Crippen molar-refractivity contribution < 1.29 is 31.5 Å². The molecule has 1 aromatic heterocycles. The van der Waals surface area contributed by atoms with Crippen LogP contribution >= 0.6 is 0 Å². The maximum Gasteiger partial charge on any atom is 0.416 e. The van der Waals surface area contributed by atoms with Gasteiger partial charge in [0, 0.05) is 6.20 Å². The summed E-state index contributed by atoms with van der Waals surface area (Å²) in [6.45, 7) is -0.237. The molecule has 1 fully saturated rings. The molecule has 4 N–H and O–H groups in total. The molecule has 0 aliphatic heterocycles. The van der Waals surface area contributed by atoms with Gasteiger partial charge in [0.05, 0.1) is 33.2 Å². The third kappa shape index (κ3) is 3.80. The molecular weight excluding hydrogens is 399 g/mol. The van der Waals surface area contributed by atoms with Crippen LogP contribution in [0.15, 0.2) is 46.3 Å². The first-order valence-electron chi connectivity index (χ1n) is 8.10. The van der Waals surface area contributed by atoms with E-state index in [9.17, 15) is 31.5 Å². The van der Waals surface area contributed by atoms with E-state index in [-0.39, 0.29) is 27.8 Å². The van der Waals surface area contributed by atoms with Crippen LogP contribution in [0.5, 0.6) is 0 Å². The zero-order valence-corrected chi connectivity index (χ0v) is 15.1. The van der Waals surface area contributed by atoms with Gasteiger partial charge in [0.1, 0.15) is 0 Å². The predicted molar refractivity (Wildman–Crippen MR) is 92.1 cm³/mol. The van der Waals surface area contributed by atoms with E-state index in [2.05, 4.69) is 10.3 Å². The number of anilines is 1. The summed E-state index contributed by atoms with van der Waals surface area (Å²) in [6, 6.07) is 4.03. The van der Waals surface area contributed by atoms with Gasteiger partial charge in [-0.2, -0.15) is 13.2 Å². The molecule has 0 saturated heterocycles. The molecule has 150 valence electrons. The van der Waals surface area contributed by atoms with Crippen LogP contribution in [0.3, 0.4) is 0 Å². The minimum absolute atomic E-state index is 0.203. The average Bonchev–Trinajstić information content (AvgIpc) is 3.40. The van der Waals surface area contributed by atoms with Crippen LogP contribution in [-0.4, -0.2) is 36.6 Å². The van der Waals surface area contributed by atoms with E-state index in [0.29, 0.717) is 25.0 Å². The summed E-state index contributed by atoms with van der Waals surface area (Å²) in [5, 5.41) is 11.8. The number of rotatable bonds is 5. The predicted octanol–water partition coefficient (Wildman–Crippen LogP) is 1.77. The van der Waals surface area contributed by atoms with Crippen molar-refractivity contribution in [2.45, 2.75) is 34.3 Å². The summed E-state index contributed by atoms with van der Waals surface area (Å²) in [7, 11) is -4.18. The first-order chi connectivity index (χ1) is 13.0. The molecule has 3 rings (SSSR count). The van der Waals surface area contributed by atoms with Crippen molar-refractivity contribution >= 4 is 21.4 Å². The molecule has 1 amide bonds. The second-order valence-electron chi connectivity index (χ2n) is 6.53. The molecule has 1 aliphatic rings. The molecule has 0 atom stereocenters. The summed E-state index contributed by atoms with van der Waals surface area (Å²) in [5.41, 5.74) is 3.67. The number of benzene rings is 1. The zero-order valence-electron chi connectivity index (χ0n) is 14.3. The van der Waals surface area contributed by atoms with Crippen molar-refractivity contribution in [3.05, 3.63) is 47.8 Å². The Morgan fingerprint density at radius 2 is 1.82 bits per heavy atom. The molecule has 1 aliphatic carbocycles. The second kappa shape index (κ2) is 6.74. The summed E-state index contributed by atoms with van der Waals surface area (Å²) in [6.07, 6.45) is -2.46. The lowest BCUT2D eigenvalue weighted by Gasteiger charge is -2.15. The number of carbonyl (C=O) groups excluding carboxylic acids is 1. The lowest BCUT2D eigenvalue weighted by atomic mass is 10.2. The first kappa shape index (κ1) is 20.1. The van der Waals surface area contributed by atoms with E-state index in [1.54, 1.807) is 0 Å². The van der Waals surface area contributed by atoms with Crippen LogP contribution < -0.4 is 11.1 Å². The molecule has 7 nitrogen and oxygen atoms in total. The monoisotopic (exact) mass is 415 g/mol. The standard InChI is InChI=1S/C17H16F3N3O4S/c18-17(19,20)10-1-3-11(4-2-10)28(26,27)12-7-13(21)14(22-8-12)15(25)23-16(9-24)5-6-16/h1-4,7-8,24H,5-6,9,21H2,(H,23,25). The normalized spacial score (nSPS) is 15.9. The van der Waals surface area contributed by atoms with Crippen molar-refractivity contribution in [1.29, 1.82) is 0 Å². The number of nitrogens with two attached hydrogens (primary N) is 1. The fourth-order valence-corrected chi connectivity index (χ4v) is 3.77. The van der Waals surface area contributed by atoms with Gasteiger partial charge in [0.25, 0.3) is 5.91 Å². The highest BCUT2D eigenvalue weighted by atomic mass is 32.2. The molecule has 1 aromatic carbocycles. The minimum Gasteiger partial charge on any atom is -0.397 e. The van der Waals surface area contributed by atoms with Gasteiger partial charge >= 0.3 is 6.18 Å². The van der Waals surface area contributed by atoms with Gasteiger partial charge in [-0.15, -0.1) is 0 Å². The number of nitrogen functional groups attached to an aromatic ring is 1. The number of alkyl halides is 3. The summed E-state index contributed by atoms with van der Waals surface area (Å²) < 4.78 is 63.1. The van der Waals surface area contributed by atoms with Crippen LogP contribution in [0.25, 0.3) is 0 Å². The van der Waals surface area contributed by atoms with E-state index in [1.165, 1.54) is 0 Å². The highest BCUT2D eigenvalue weighted by Crippen LogP contribution is 2.35. The van der Waals surface area contributed by atoms with Gasteiger partial charge in [-0.05, 0) is 43.2 Å². The Morgan fingerprint density at radius 1 is 1.21 bits per heavy atom. The Balaban J connectivity index is 1.87. The molecule has 0 unspecified atom stereocenters. The topological polar surface area (TPSA) is 122 Å². The average molecular weight is 415 g/mol. The summed E-state index contributed by atoms with van der Waals surface area (Å²) in [5.74, 6) is -0.650. The number of carbonyl (C=O) groups is 1. The highest BCUT2D eigenvalue weighted by Gasteiger charge is 2.44. The Morgan fingerprint density at radius 3 is 2.29 bits per heavy atom. The van der Waals surface area contributed by atoms with Crippen molar-refractivity contribution in [3.8, 4) is 0 Å². The maximum atomic E-state index is 12.6. The maximum absolute atomic E-state index is 12.6. The van der Waals surface area contributed by atoms with E-state index in [4.69, 9.17) is 5.73 Å². The van der Waals surface area contributed by atoms with Crippen molar-refractivity contribution in [2.24, 2.45) is 0 Å². The van der Waals surface area contributed by atoms with E-state index in [0.717, 1.165) is 24.4 Å². The summed E-state index contributed by atoms with van der Waals surface area (Å²) in [4.78, 5) is 15.3. The molecule has 0 bridgehead atoms. The molecule has 1 heterocycles. The van der Waals surface area contributed by atoms with Gasteiger partial charge in [-0.3, -0.25) is 4.79 Å². The van der Waals surface area contributed by atoms with E-state index >= 15 is 0 Å². The van der Waals surface area contributed by atoms with Crippen molar-refractivity contribution in [3.63, 3.8) is 0 Å². The molecule has 28 heavy (non-hydrogen) atoms. The molecule has 1 saturated carbocycles. The lowest BCUT2D eigenvalue weighted by Crippen LogP contribution is -2.40. The van der Waals surface area contributed by atoms with Crippen molar-refractivity contribution in [1.82, 2.24) is 10.3 Å². The van der Waals surface area contributed by atoms with Crippen LogP contribution in [0.2, 0.25) is 0 Å². The molecular formula is C17H16F3N3O4S. The van der Waals surface area contributed by atoms with Gasteiger partial charge < -0.3 is 16.2 Å². The molecule has 0 radical (unpaired) electrons. The number of amides is 1. The van der Waals surface area contributed by atoms with E-state index < -0.39 is 33.0 Å². The van der Waals surface area contributed by atoms with Gasteiger partial charge in [-0.25, -0.2) is 13.4 Å². The number of aliphatic hydroxyl groups excluding tert-OH is 1. The minimum atomic E-state index is -4.59. The van der Waals surface area contributed by atoms with Gasteiger partial charge in [-0.1, -0.05) is 0 Å². The largest absolute Gasteiger partial charge is 0.416 e. The Bertz CT molecular complexity index is 1020. The van der Waals surface area contributed by atoms with Crippen LogP contribution in [0, 0.1) is 0 Å². The number of aliphatic hydroxyl groups is 1. The molecule has 0 spiro atoms. The van der Waals surface area contributed by atoms with Crippen LogP contribution in [0.4, 0.5) is 18.9 Å². The molecule has 2 aromatic rings. The quantitative estimate of drug-likeness (QED) is 0.684. The fourth-order valence-electron chi connectivity index (χ4n) is 2.53. The van der Waals surface area contributed by atoms with Crippen molar-refractivity contribution in [2.75, 3.05) is 12.3 Å². The Labute approximate surface area is 158 Å². The van der Waals surface area contributed by atoms with Crippen LogP contribution in [-0.2, 0) is 16.0 Å².